The molecule has 0 atom stereocenters. The average Bonchev–Trinajstić information content (AvgIpc) is 2.42. The lowest BCUT2D eigenvalue weighted by Gasteiger charge is -2.20. The molecular weight excluding hydrogens is 404 g/mol. The van der Waals surface area contributed by atoms with Gasteiger partial charge in [-0.2, -0.15) is 40.4 Å². The molecule has 0 rings (SSSR count). The lowest BCUT2D eigenvalue weighted by Crippen LogP contribution is -2.31. The molecule has 0 aromatic carbocycles. The fraction of sp³-hybridized carbons (Fsp3) is 1.00. The van der Waals surface area contributed by atoms with Crippen LogP contribution in [0, 0.1) is 0 Å². The molecule has 0 amide bonds. The molecule has 0 heterocycles. The zero-order valence-electron chi connectivity index (χ0n) is 15.5. The monoisotopic (exact) mass is 436 g/mol. The highest BCUT2D eigenvalue weighted by atomic mass is 32.2. The van der Waals surface area contributed by atoms with E-state index in [1.54, 1.807) is 23.5 Å². The lowest BCUT2D eigenvalue weighted by molar-refractivity contribution is 0.429. The highest BCUT2D eigenvalue weighted by Crippen LogP contribution is 2.24. The van der Waals surface area contributed by atoms with E-state index in [4.69, 9.17) is 9.11 Å². The van der Waals surface area contributed by atoms with E-state index in [0.29, 0.717) is 12.8 Å². The first-order valence-electron chi connectivity index (χ1n) is 8.30. The Labute approximate surface area is 161 Å². The molecule has 0 spiro atoms. The van der Waals surface area contributed by atoms with Crippen LogP contribution in [0.25, 0.3) is 0 Å². The Bertz CT molecular complexity index is 529. The van der Waals surface area contributed by atoms with E-state index in [9.17, 15) is 16.8 Å². The molecule has 0 aliphatic heterocycles. The van der Waals surface area contributed by atoms with E-state index >= 15 is 0 Å². The topological polar surface area (TPSA) is 109 Å². The number of hydrogen-bond donors (Lipinski definition) is 2. The fourth-order valence-corrected chi connectivity index (χ4v) is 4.71. The van der Waals surface area contributed by atoms with Crippen molar-refractivity contribution in [1.82, 2.24) is 0 Å². The van der Waals surface area contributed by atoms with Gasteiger partial charge in [0.05, 0.1) is 9.49 Å². The molecule has 6 nitrogen and oxygen atoms in total. The number of hydrogen-bond acceptors (Lipinski definition) is 6. The van der Waals surface area contributed by atoms with Gasteiger partial charge >= 0.3 is 0 Å². The van der Waals surface area contributed by atoms with Gasteiger partial charge in [0.15, 0.2) is 0 Å². The van der Waals surface area contributed by atoms with Crippen molar-refractivity contribution in [2.75, 3.05) is 23.0 Å². The summed E-state index contributed by atoms with van der Waals surface area (Å²) in [5, 5.41) is 0. The Kier molecular flexibility index (Phi) is 11.0. The molecule has 25 heavy (non-hydrogen) atoms. The van der Waals surface area contributed by atoms with Crippen LogP contribution in [0.1, 0.15) is 59.8 Å². The first-order valence-corrected chi connectivity index (χ1v) is 13.5. The molecule has 0 bridgehead atoms. The minimum atomic E-state index is -4.00. The van der Waals surface area contributed by atoms with Crippen LogP contribution < -0.4 is 0 Å². The van der Waals surface area contributed by atoms with E-state index in [1.165, 1.54) is 27.7 Å². The zero-order chi connectivity index (χ0) is 19.8. The van der Waals surface area contributed by atoms with Gasteiger partial charge in [-0.3, -0.25) is 9.11 Å². The molecule has 10 heteroatoms. The third kappa shape index (κ3) is 10.4. The van der Waals surface area contributed by atoms with Crippen LogP contribution in [0.3, 0.4) is 0 Å². The smallest absolute Gasteiger partial charge is 0.270 e. The van der Waals surface area contributed by atoms with Crippen LogP contribution in [-0.2, 0) is 20.2 Å². The van der Waals surface area contributed by atoms with Crippen LogP contribution >= 0.6 is 23.5 Å². The number of rotatable bonds is 14. The van der Waals surface area contributed by atoms with Gasteiger partial charge in [-0.05, 0) is 82.8 Å². The predicted octanol–water partition coefficient (Wildman–Crippen LogP) is 3.74. The molecule has 0 saturated heterocycles. The van der Waals surface area contributed by atoms with Crippen LogP contribution in [0.4, 0.5) is 0 Å². The van der Waals surface area contributed by atoms with E-state index in [-0.39, 0.29) is 0 Å². The van der Waals surface area contributed by atoms with Crippen molar-refractivity contribution in [3.05, 3.63) is 0 Å². The minimum Gasteiger partial charge on any atom is -0.285 e. The quantitative estimate of drug-likeness (QED) is 0.313. The highest BCUT2D eigenvalue weighted by molar-refractivity contribution is 8.00. The van der Waals surface area contributed by atoms with Crippen molar-refractivity contribution in [2.45, 2.75) is 69.3 Å². The van der Waals surface area contributed by atoms with Crippen LogP contribution in [0.15, 0.2) is 0 Å². The molecule has 2 N–H and O–H groups in total. The van der Waals surface area contributed by atoms with Crippen molar-refractivity contribution >= 4 is 43.8 Å². The second-order valence-electron chi connectivity index (χ2n) is 7.25. The Balaban J connectivity index is 3.61. The van der Waals surface area contributed by atoms with Gasteiger partial charge < -0.3 is 0 Å². The summed E-state index contributed by atoms with van der Waals surface area (Å²) in [7, 11) is -8.00. The third-order valence-corrected chi connectivity index (χ3v) is 9.62. The summed E-state index contributed by atoms with van der Waals surface area (Å²) in [5.74, 6) is 3.73. The van der Waals surface area contributed by atoms with Crippen molar-refractivity contribution < 1.29 is 25.9 Å². The Hall–Kier alpha value is 0.520. The largest absolute Gasteiger partial charge is 0.285 e. The summed E-state index contributed by atoms with van der Waals surface area (Å²) in [5.41, 5.74) is 0. The van der Waals surface area contributed by atoms with Crippen molar-refractivity contribution in [3.8, 4) is 0 Å². The summed E-state index contributed by atoms with van der Waals surface area (Å²) in [6, 6.07) is 0. The fourth-order valence-electron chi connectivity index (χ4n) is 1.93. The van der Waals surface area contributed by atoms with Crippen LogP contribution in [0.2, 0.25) is 0 Å². The molecule has 0 saturated carbocycles. The van der Waals surface area contributed by atoms with Crippen LogP contribution in [0.5, 0.6) is 0 Å². The minimum absolute atomic E-state index is 0.442. The van der Waals surface area contributed by atoms with E-state index in [2.05, 4.69) is 0 Å². The first kappa shape index (κ1) is 25.5. The molecule has 0 aliphatic rings. The van der Waals surface area contributed by atoms with Gasteiger partial charge in [-0.1, -0.05) is 0 Å². The van der Waals surface area contributed by atoms with Gasteiger partial charge in [0.2, 0.25) is 0 Å². The normalized spacial score (nSPS) is 14.0. The zero-order valence-corrected chi connectivity index (χ0v) is 18.8. The Morgan fingerprint density at radius 3 is 1.20 bits per heavy atom. The van der Waals surface area contributed by atoms with E-state index in [1.807, 2.05) is 0 Å². The summed E-state index contributed by atoms with van der Waals surface area (Å²) in [6.07, 6.45) is 3.41. The van der Waals surface area contributed by atoms with Crippen LogP contribution in [-0.4, -0.2) is 58.4 Å². The maximum atomic E-state index is 11.2. The van der Waals surface area contributed by atoms with E-state index < -0.39 is 29.7 Å². The summed E-state index contributed by atoms with van der Waals surface area (Å²) in [4.78, 5) is 0. The molecule has 0 radical (unpaired) electrons. The molecule has 152 valence electrons. The SMILES string of the molecule is CC(C)(CCCSCCCSCCCC(C)(C)S(=O)(=O)O)S(=O)(=O)O. The van der Waals surface area contributed by atoms with Gasteiger partial charge in [0, 0.05) is 0 Å². The van der Waals surface area contributed by atoms with E-state index in [0.717, 1.165) is 42.3 Å². The molecule has 0 aromatic heterocycles. The summed E-state index contributed by atoms with van der Waals surface area (Å²) < 4.78 is 60.7. The lowest BCUT2D eigenvalue weighted by atomic mass is 10.1. The second-order valence-corrected chi connectivity index (χ2v) is 13.8. The van der Waals surface area contributed by atoms with Gasteiger partial charge in [-0.15, -0.1) is 0 Å². The standard InChI is InChI=1S/C15H32O6S4/c1-14(2,24(16,17)18)8-5-10-22-12-7-13-23-11-6-9-15(3,4)25(19,20)21/h5-13H2,1-4H3,(H,16,17,18)(H,19,20,21). The van der Waals surface area contributed by atoms with Gasteiger partial charge in [-0.25, -0.2) is 0 Å². The first-order chi connectivity index (χ1) is 11.2. The van der Waals surface area contributed by atoms with Gasteiger partial charge in [0.25, 0.3) is 20.2 Å². The molecule has 0 aliphatic carbocycles. The molecule has 0 unspecified atom stereocenters. The maximum absolute atomic E-state index is 11.2. The second kappa shape index (κ2) is 10.8. The average molecular weight is 437 g/mol. The van der Waals surface area contributed by atoms with Crippen molar-refractivity contribution in [2.24, 2.45) is 0 Å². The number of thioether (sulfide) groups is 2. The highest BCUT2D eigenvalue weighted by Gasteiger charge is 2.32. The van der Waals surface area contributed by atoms with Gasteiger partial charge in [0.1, 0.15) is 0 Å². The Morgan fingerprint density at radius 2 is 0.920 bits per heavy atom. The third-order valence-electron chi connectivity index (χ3n) is 4.11. The van der Waals surface area contributed by atoms with Crippen molar-refractivity contribution in [3.63, 3.8) is 0 Å². The summed E-state index contributed by atoms with van der Waals surface area (Å²) in [6.45, 7) is 6.14. The Morgan fingerprint density at radius 1 is 0.640 bits per heavy atom. The molecule has 0 fully saturated rings. The predicted molar refractivity (Wildman–Crippen MR) is 109 cm³/mol. The molecular formula is C15H32O6S4. The van der Waals surface area contributed by atoms with Crippen molar-refractivity contribution in [1.29, 1.82) is 0 Å². The maximum Gasteiger partial charge on any atom is 0.270 e. The molecule has 0 aromatic rings. The summed E-state index contributed by atoms with van der Waals surface area (Å²) >= 11 is 3.55.